The summed E-state index contributed by atoms with van der Waals surface area (Å²) in [5.74, 6) is 0. The van der Waals surface area contributed by atoms with Crippen LogP contribution in [0.1, 0.15) is 43.1 Å². The van der Waals surface area contributed by atoms with E-state index in [1.807, 2.05) is 20.0 Å². The molecule has 15 heavy (non-hydrogen) atoms. The highest BCUT2D eigenvalue weighted by Crippen LogP contribution is 2.19. The fourth-order valence-corrected chi connectivity index (χ4v) is 1.96. The second-order valence-corrected chi connectivity index (χ2v) is 5.53. The van der Waals surface area contributed by atoms with Crippen LogP contribution in [0.4, 0.5) is 0 Å². The zero-order valence-corrected chi connectivity index (χ0v) is 10.7. The zero-order chi connectivity index (χ0) is 11.5. The molecule has 1 heterocycles. The Labute approximate surface area is 95.6 Å². The number of nitrogens with one attached hydrogen (secondary N) is 1. The van der Waals surface area contributed by atoms with Crippen LogP contribution >= 0.6 is 11.3 Å². The Morgan fingerprint density at radius 2 is 2.33 bits per heavy atom. The largest absolute Gasteiger partial charge is 0.389 e. The highest BCUT2D eigenvalue weighted by Gasteiger charge is 2.19. The van der Waals surface area contributed by atoms with Gasteiger partial charge in [-0.25, -0.2) is 4.98 Å². The van der Waals surface area contributed by atoms with Crippen LogP contribution in [0.25, 0.3) is 0 Å². The third-order valence-electron chi connectivity index (χ3n) is 2.56. The number of hydrogen-bond acceptors (Lipinski definition) is 4. The van der Waals surface area contributed by atoms with E-state index in [-0.39, 0.29) is 6.04 Å². The van der Waals surface area contributed by atoms with Gasteiger partial charge in [0.15, 0.2) is 0 Å². The van der Waals surface area contributed by atoms with Gasteiger partial charge in [0.05, 0.1) is 11.6 Å². The zero-order valence-electron chi connectivity index (χ0n) is 9.87. The third-order valence-corrected chi connectivity index (χ3v) is 3.66. The molecular weight excluding hydrogens is 208 g/mol. The highest BCUT2D eigenvalue weighted by atomic mass is 32.1. The van der Waals surface area contributed by atoms with Gasteiger partial charge >= 0.3 is 0 Å². The number of aryl methyl sites for hydroxylation is 1. The minimum atomic E-state index is -0.624. The van der Waals surface area contributed by atoms with E-state index < -0.39 is 5.60 Å². The van der Waals surface area contributed by atoms with Crippen LogP contribution in [0.5, 0.6) is 0 Å². The summed E-state index contributed by atoms with van der Waals surface area (Å²) in [6, 6.07) is 0.210. The van der Waals surface area contributed by atoms with Gasteiger partial charge < -0.3 is 10.4 Å². The molecule has 86 valence electrons. The number of thiazole rings is 1. The molecule has 2 atom stereocenters. The van der Waals surface area contributed by atoms with Crippen LogP contribution in [0.15, 0.2) is 6.20 Å². The maximum absolute atomic E-state index is 9.84. The second-order valence-electron chi connectivity index (χ2n) is 4.26. The van der Waals surface area contributed by atoms with E-state index in [1.54, 1.807) is 11.3 Å². The summed E-state index contributed by atoms with van der Waals surface area (Å²) in [7, 11) is 0. The van der Waals surface area contributed by atoms with E-state index in [0.717, 1.165) is 11.4 Å². The lowest BCUT2D eigenvalue weighted by Gasteiger charge is -2.23. The summed E-state index contributed by atoms with van der Waals surface area (Å²) in [5, 5.41) is 14.2. The molecule has 1 aromatic heterocycles. The SMILES string of the molecule is CCC(C)(O)CNC(C)c1ncc(C)s1. The van der Waals surface area contributed by atoms with Crippen molar-refractivity contribution in [2.24, 2.45) is 0 Å². The summed E-state index contributed by atoms with van der Waals surface area (Å²) >= 11 is 1.70. The monoisotopic (exact) mass is 228 g/mol. The molecule has 1 rings (SSSR count). The Balaban J connectivity index is 2.46. The van der Waals surface area contributed by atoms with Crippen molar-refractivity contribution in [1.82, 2.24) is 10.3 Å². The molecule has 0 fully saturated rings. The fourth-order valence-electron chi connectivity index (χ4n) is 1.16. The summed E-state index contributed by atoms with van der Waals surface area (Å²) in [6.45, 7) is 8.56. The van der Waals surface area contributed by atoms with Crippen molar-refractivity contribution in [3.8, 4) is 0 Å². The molecule has 2 unspecified atom stereocenters. The second kappa shape index (κ2) is 5.05. The molecule has 1 aromatic rings. The molecule has 0 saturated heterocycles. The summed E-state index contributed by atoms with van der Waals surface area (Å²) in [4.78, 5) is 5.54. The summed E-state index contributed by atoms with van der Waals surface area (Å²) < 4.78 is 0. The van der Waals surface area contributed by atoms with Crippen LogP contribution < -0.4 is 5.32 Å². The molecular formula is C11H20N2OS. The van der Waals surface area contributed by atoms with Gasteiger partial charge in [0.2, 0.25) is 0 Å². The van der Waals surface area contributed by atoms with E-state index in [2.05, 4.69) is 24.1 Å². The van der Waals surface area contributed by atoms with Crippen LogP contribution in [-0.4, -0.2) is 22.2 Å². The molecule has 0 radical (unpaired) electrons. The molecule has 0 saturated carbocycles. The Kier molecular flexibility index (Phi) is 4.25. The van der Waals surface area contributed by atoms with Gasteiger partial charge in [-0.05, 0) is 27.2 Å². The predicted octanol–water partition coefficient (Wildman–Crippen LogP) is 2.26. The fraction of sp³-hybridized carbons (Fsp3) is 0.727. The maximum atomic E-state index is 9.84. The van der Waals surface area contributed by atoms with Crippen LogP contribution in [0.2, 0.25) is 0 Å². The quantitative estimate of drug-likeness (QED) is 0.812. The van der Waals surface area contributed by atoms with Crippen molar-refractivity contribution in [3.05, 3.63) is 16.1 Å². The first-order chi connectivity index (χ1) is 6.94. The molecule has 0 spiro atoms. The average Bonchev–Trinajstić information content (AvgIpc) is 2.61. The first-order valence-electron chi connectivity index (χ1n) is 5.32. The van der Waals surface area contributed by atoms with E-state index in [9.17, 15) is 5.11 Å². The van der Waals surface area contributed by atoms with E-state index in [4.69, 9.17) is 0 Å². The third kappa shape index (κ3) is 3.89. The van der Waals surface area contributed by atoms with Crippen LogP contribution in [0, 0.1) is 6.92 Å². The van der Waals surface area contributed by atoms with Crippen molar-refractivity contribution < 1.29 is 5.11 Å². The van der Waals surface area contributed by atoms with Gasteiger partial charge in [-0.3, -0.25) is 0 Å². The van der Waals surface area contributed by atoms with Gasteiger partial charge in [0, 0.05) is 17.6 Å². The Morgan fingerprint density at radius 1 is 1.67 bits per heavy atom. The van der Waals surface area contributed by atoms with Gasteiger partial charge in [-0.15, -0.1) is 11.3 Å². The highest BCUT2D eigenvalue weighted by molar-refractivity contribution is 7.11. The van der Waals surface area contributed by atoms with E-state index in [0.29, 0.717) is 6.54 Å². The average molecular weight is 228 g/mol. The number of rotatable bonds is 5. The van der Waals surface area contributed by atoms with Crippen LogP contribution in [-0.2, 0) is 0 Å². The Hall–Kier alpha value is -0.450. The topological polar surface area (TPSA) is 45.1 Å². The normalized spacial score (nSPS) is 17.4. The lowest BCUT2D eigenvalue weighted by atomic mass is 10.0. The van der Waals surface area contributed by atoms with Crippen molar-refractivity contribution in [2.75, 3.05) is 6.54 Å². The number of hydrogen-bond donors (Lipinski definition) is 2. The van der Waals surface area contributed by atoms with Gasteiger partial charge in [0.1, 0.15) is 5.01 Å². The molecule has 3 nitrogen and oxygen atoms in total. The first-order valence-corrected chi connectivity index (χ1v) is 6.14. The van der Waals surface area contributed by atoms with Crippen molar-refractivity contribution in [1.29, 1.82) is 0 Å². The minimum absolute atomic E-state index is 0.210. The lowest BCUT2D eigenvalue weighted by Crippen LogP contribution is -2.38. The molecule has 0 aliphatic heterocycles. The molecule has 0 bridgehead atoms. The van der Waals surface area contributed by atoms with E-state index >= 15 is 0 Å². The predicted molar refractivity (Wildman–Crippen MR) is 64.2 cm³/mol. The Morgan fingerprint density at radius 3 is 2.80 bits per heavy atom. The molecule has 2 N–H and O–H groups in total. The number of nitrogens with zero attached hydrogens (tertiary/aromatic N) is 1. The van der Waals surface area contributed by atoms with Crippen LogP contribution in [0.3, 0.4) is 0 Å². The van der Waals surface area contributed by atoms with Gasteiger partial charge in [0.25, 0.3) is 0 Å². The first kappa shape index (κ1) is 12.6. The van der Waals surface area contributed by atoms with Gasteiger partial charge in [-0.1, -0.05) is 6.92 Å². The minimum Gasteiger partial charge on any atom is -0.389 e. The molecule has 4 heteroatoms. The molecule has 0 aliphatic rings. The lowest BCUT2D eigenvalue weighted by molar-refractivity contribution is 0.0533. The smallest absolute Gasteiger partial charge is 0.109 e. The summed E-state index contributed by atoms with van der Waals surface area (Å²) in [5.41, 5.74) is -0.624. The number of aromatic nitrogens is 1. The van der Waals surface area contributed by atoms with Crippen molar-refractivity contribution in [2.45, 2.75) is 45.8 Å². The van der Waals surface area contributed by atoms with Crippen molar-refractivity contribution >= 4 is 11.3 Å². The van der Waals surface area contributed by atoms with E-state index in [1.165, 1.54) is 4.88 Å². The number of aliphatic hydroxyl groups is 1. The molecule has 0 amide bonds. The molecule has 0 aliphatic carbocycles. The maximum Gasteiger partial charge on any atom is 0.109 e. The summed E-state index contributed by atoms with van der Waals surface area (Å²) in [6.07, 6.45) is 2.64. The van der Waals surface area contributed by atoms with Gasteiger partial charge in [-0.2, -0.15) is 0 Å². The standard InChI is InChI=1S/C11H20N2OS/c1-5-11(4,14)7-13-9(3)10-12-6-8(2)15-10/h6,9,13-14H,5,7H2,1-4H3. The van der Waals surface area contributed by atoms with Crippen molar-refractivity contribution in [3.63, 3.8) is 0 Å². The Bertz CT molecular complexity index is 309. The molecule has 0 aromatic carbocycles.